The first-order chi connectivity index (χ1) is 7.73. The molecule has 0 fully saturated rings. The van der Waals surface area contributed by atoms with Crippen LogP contribution in [0.15, 0.2) is 18.2 Å². The molecule has 17 heavy (non-hydrogen) atoms. The van der Waals surface area contributed by atoms with Gasteiger partial charge in [-0.1, -0.05) is 0 Å². The van der Waals surface area contributed by atoms with Crippen LogP contribution in [0.4, 0.5) is 18.9 Å². The van der Waals surface area contributed by atoms with Gasteiger partial charge in [-0.2, -0.15) is 13.2 Å². The number of ether oxygens (including phenoxy) is 1. The fourth-order valence-electron chi connectivity index (χ4n) is 1.72. The molecule has 92 valence electrons. The molecule has 1 aromatic carbocycles. The van der Waals surface area contributed by atoms with Gasteiger partial charge in [0.2, 0.25) is 5.60 Å². The SMILES string of the molecule is CC1(C(F)(F)F)Cc2cc([N+](=O)[O-])ccc2O1. The van der Waals surface area contributed by atoms with E-state index in [0.29, 0.717) is 0 Å². The molecule has 4 nitrogen and oxygen atoms in total. The van der Waals surface area contributed by atoms with Crippen LogP contribution in [-0.2, 0) is 6.42 Å². The summed E-state index contributed by atoms with van der Waals surface area (Å²) in [6.07, 6.45) is -4.92. The zero-order valence-electron chi connectivity index (χ0n) is 8.75. The summed E-state index contributed by atoms with van der Waals surface area (Å²) in [7, 11) is 0. The van der Waals surface area contributed by atoms with Gasteiger partial charge in [-0.05, 0) is 13.0 Å². The monoisotopic (exact) mass is 247 g/mol. The molecule has 0 aliphatic carbocycles. The molecule has 1 heterocycles. The average molecular weight is 247 g/mol. The number of hydrogen-bond donors (Lipinski definition) is 0. The lowest BCUT2D eigenvalue weighted by Gasteiger charge is -2.26. The molecular weight excluding hydrogens is 239 g/mol. The van der Waals surface area contributed by atoms with E-state index in [0.717, 1.165) is 19.1 Å². The molecule has 1 unspecified atom stereocenters. The molecule has 1 atom stereocenters. The summed E-state index contributed by atoms with van der Waals surface area (Å²) in [5, 5.41) is 10.5. The Bertz CT molecular complexity index is 486. The minimum absolute atomic E-state index is 0.0513. The largest absolute Gasteiger partial charge is 0.477 e. The van der Waals surface area contributed by atoms with Gasteiger partial charge in [0.05, 0.1) is 4.92 Å². The molecular formula is C10H8F3NO3. The van der Waals surface area contributed by atoms with Crippen LogP contribution >= 0.6 is 0 Å². The molecule has 0 spiro atoms. The van der Waals surface area contributed by atoms with Crippen molar-refractivity contribution >= 4 is 5.69 Å². The summed E-state index contributed by atoms with van der Waals surface area (Å²) in [6.45, 7) is 0.929. The van der Waals surface area contributed by atoms with Crippen LogP contribution in [0.5, 0.6) is 5.75 Å². The lowest BCUT2D eigenvalue weighted by Crippen LogP contribution is -2.46. The number of nitro benzene ring substituents is 1. The summed E-state index contributed by atoms with van der Waals surface area (Å²) >= 11 is 0. The van der Waals surface area contributed by atoms with Gasteiger partial charge >= 0.3 is 6.18 Å². The Labute approximate surface area is 94.1 Å². The van der Waals surface area contributed by atoms with E-state index in [1.165, 1.54) is 6.07 Å². The van der Waals surface area contributed by atoms with Crippen molar-refractivity contribution in [2.24, 2.45) is 0 Å². The van der Waals surface area contributed by atoms with E-state index in [4.69, 9.17) is 4.74 Å². The third-order valence-electron chi connectivity index (χ3n) is 2.72. The molecule has 0 saturated heterocycles. The molecule has 2 rings (SSSR count). The van der Waals surface area contributed by atoms with E-state index in [-0.39, 0.29) is 17.0 Å². The van der Waals surface area contributed by atoms with Crippen LogP contribution in [0.3, 0.4) is 0 Å². The van der Waals surface area contributed by atoms with Gasteiger partial charge in [0, 0.05) is 24.1 Å². The zero-order chi connectivity index (χ0) is 12.8. The summed E-state index contributed by atoms with van der Waals surface area (Å²) < 4.78 is 43.0. The van der Waals surface area contributed by atoms with Gasteiger partial charge in [0.25, 0.3) is 5.69 Å². The molecule has 1 aliphatic heterocycles. The molecule has 7 heteroatoms. The first-order valence-corrected chi connectivity index (χ1v) is 4.76. The molecule has 1 aliphatic rings. The van der Waals surface area contributed by atoms with E-state index >= 15 is 0 Å². The van der Waals surface area contributed by atoms with Crippen molar-refractivity contribution in [1.29, 1.82) is 0 Å². The second kappa shape index (κ2) is 3.35. The van der Waals surface area contributed by atoms with Crippen molar-refractivity contribution in [2.45, 2.75) is 25.1 Å². The number of alkyl halides is 3. The molecule has 0 N–H and O–H groups in total. The van der Waals surface area contributed by atoms with Crippen LogP contribution in [-0.4, -0.2) is 16.7 Å². The zero-order valence-corrected chi connectivity index (χ0v) is 8.75. The summed E-state index contributed by atoms with van der Waals surface area (Å²) in [5.41, 5.74) is -2.33. The summed E-state index contributed by atoms with van der Waals surface area (Å²) in [5.74, 6) is 0.0513. The number of halogens is 3. The maximum atomic E-state index is 12.7. The minimum Gasteiger partial charge on any atom is -0.477 e. The van der Waals surface area contributed by atoms with Crippen molar-refractivity contribution in [3.63, 3.8) is 0 Å². The minimum atomic E-state index is -4.51. The number of hydrogen-bond acceptors (Lipinski definition) is 3. The third-order valence-corrected chi connectivity index (χ3v) is 2.72. The van der Waals surface area contributed by atoms with Crippen LogP contribution in [0.25, 0.3) is 0 Å². The van der Waals surface area contributed by atoms with Crippen molar-refractivity contribution in [3.8, 4) is 5.75 Å². The fourth-order valence-corrected chi connectivity index (χ4v) is 1.72. The number of benzene rings is 1. The molecule has 0 aromatic heterocycles. The van der Waals surface area contributed by atoms with E-state index in [9.17, 15) is 23.3 Å². The van der Waals surface area contributed by atoms with Gasteiger partial charge in [-0.15, -0.1) is 0 Å². The highest BCUT2D eigenvalue weighted by Crippen LogP contribution is 2.45. The quantitative estimate of drug-likeness (QED) is 0.566. The van der Waals surface area contributed by atoms with Crippen LogP contribution in [0.2, 0.25) is 0 Å². The number of non-ortho nitro benzene ring substituents is 1. The Kier molecular flexibility index (Phi) is 2.30. The lowest BCUT2D eigenvalue weighted by atomic mass is 9.98. The van der Waals surface area contributed by atoms with Gasteiger partial charge in [0.1, 0.15) is 5.75 Å². The Morgan fingerprint density at radius 3 is 2.65 bits per heavy atom. The van der Waals surface area contributed by atoms with Crippen molar-refractivity contribution in [2.75, 3.05) is 0 Å². The number of nitrogens with zero attached hydrogens (tertiary/aromatic N) is 1. The highest BCUT2D eigenvalue weighted by Gasteiger charge is 2.56. The second-order valence-electron chi connectivity index (χ2n) is 4.06. The maximum absolute atomic E-state index is 12.7. The normalized spacial score (nSPS) is 23.1. The number of rotatable bonds is 1. The van der Waals surface area contributed by atoms with E-state index in [2.05, 4.69) is 0 Å². The number of nitro groups is 1. The molecule has 0 radical (unpaired) electrons. The Morgan fingerprint density at radius 2 is 2.12 bits per heavy atom. The maximum Gasteiger partial charge on any atom is 0.428 e. The van der Waals surface area contributed by atoms with Crippen LogP contribution in [0.1, 0.15) is 12.5 Å². The molecule has 0 bridgehead atoms. The highest BCUT2D eigenvalue weighted by atomic mass is 19.4. The Morgan fingerprint density at radius 1 is 1.47 bits per heavy atom. The first-order valence-electron chi connectivity index (χ1n) is 4.76. The predicted octanol–water partition coefficient (Wildman–Crippen LogP) is 2.85. The summed E-state index contributed by atoms with van der Waals surface area (Å²) in [4.78, 5) is 9.85. The first kappa shape index (κ1) is 11.7. The Hall–Kier alpha value is -1.79. The van der Waals surface area contributed by atoms with Gasteiger partial charge in [0.15, 0.2) is 0 Å². The van der Waals surface area contributed by atoms with Gasteiger partial charge in [-0.3, -0.25) is 10.1 Å². The van der Waals surface area contributed by atoms with Crippen molar-refractivity contribution in [1.82, 2.24) is 0 Å². The van der Waals surface area contributed by atoms with Gasteiger partial charge in [-0.25, -0.2) is 0 Å². The second-order valence-corrected chi connectivity index (χ2v) is 4.06. The number of fused-ring (bicyclic) bond motifs is 1. The van der Waals surface area contributed by atoms with E-state index in [1.807, 2.05) is 0 Å². The topological polar surface area (TPSA) is 52.4 Å². The van der Waals surface area contributed by atoms with Gasteiger partial charge < -0.3 is 4.74 Å². The van der Waals surface area contributed by atoms with Crippen LogP contribution < -0.4 is 4.74 Å². The van der Waals surface area contributed by atoms with E-state index < -0.39 is 23.1 Å². The lowest BCUT2D eigenvalue weighted by molar-refractivity contribution is -0.384. The van der Waals surface area contributed by atoms with E-state index in [1.54, 1.807) is 0 Å². The standard InChI is InChI=1S/C10H8F3NO3/c1-9(10(11,12)13)5-6-4-7(14(15)16)2-3-8(6)17-9/h2-4H,5H2,1H3. The van der Waals surface area contributed by atoms with Crippen LogP contribution in [0, 0.1) is 10.1 Å². The Balaban J connectivity index is 2.37. The summed E-state index contributed by atoms with van der Waals surface area (Å²) in [6, 6.07) is 3.44. The molecule has 0 saturated carbocycles. The smallest absolute Gasteiger partial charge is 0.428 e. The van der Waals surface area contributed by atoms with Crippen molar-refractivity contribution < 1.29 is 22.8 Å². The fraction of sp³-hybridized carbons (Fsp3) is 0.400. The average Bonchev–Trinajstić information content (AvgIpc) is 2.52. The van der Waals surface area contributed by atoms with Crippen molar-refractivity contribution in [3.05, 3.63) is 33.9 Å². The third kappa shape index (κ3) is 1.81. The molecule has 1 aromatic rings. The predicted molar refractivity (Wildman–Crippen MR) is 51.9 cm³/mol. The molecule has 0 amide bonds. The highest BCUT2D eigenvalue weighted by molar-refractivity contribution is 5.47.